The van der Waals surface area contributed by atoms with E-state index in [0.717, 1.165) is 25.8 Å². The Balaban J connectivity index is 1.70. The molecule has 1 unspecified atom stereocenters. The number of rotatable bonds is 4. The lowest BCUT2D eigenvalue weighted by Crippen LogP contribution is -2.32. The molecule has 0 saturated carbocycles. The molecule has 0 radical (unpaired) electrons. The van der Waals surface area contributed by atoms with Crippen LogP contribution in [0.4, 0.5) is 5.69 Å². The fourth-order valence-corrected chi connectivity index (χ4v) is 4.00. The standard InChI is InChI=1S/C14H20N2O4S/c17-21(18,10-12-3-1-6-15-12)16-11-4-5-13-14(9-11)20-8-2-7-19-13/h4-5,9,12,15-16H,1-3,6-8,10H2. The molecule has 1 atom stereocenters. The minimum Gasteiger partial charge on any atom is -0.490 e. The summed E-state index contributed by atoms with van der Waals surface area (Å²) in [5.74, 6) is 1.35. The van der Waals surface area contributed by atoms with Gasteiger partial charge in [-0.2, -0.15) is 0 Å². The Morgan fingerprint density at radius 1 is 1.19 bits per heavy atom. The fraction of sp³-hybridized carbons (Fsp3) is 0.571. The molecule has 0 spiro atoms. The summed E-state index contributed by atoms with van der Waals surface area (Å²) in [6.45, 7) is 2.09. The molecular weight excluding hydrogens is 292 g/mol. The maximum Gasteiger partial charge on any atom is 0.234 e. The van der Waals surface area contributed by atoms with Crippen LogP contribution in [0.1, 0.15) is 19.3 Å². The summed E-state index contributed by atoms with van der Waals surface area (Å²) in [6, 6.07) is 5.17. The van der Waals surface area contributed by atoms with E-state index in [0.29, 0.717) is 30.4 Å². The van der Waals surface area contributed by atoms with Gasteiger partial charge in [-0.15, -0.1) is 0 Å². The van der Waals surface area contributed by atoms with Crippen molar-refractivity contribution in [1.82, 2.24) is 5.32 Å². The first-order chi connectivity index (χ1) is 10.1. The number of anilines is 1. The van der Waals surface area contributed by atoms with E-state index in [1.165, 1.54) is 0 Å². The van der Waals surface area contributed by atoms with Crippen LogP contribution in [0.3, 0.4) is 0 Å². The second-order valence-electron chi connectivity index (χ2n) is 5.39. The van der Waals surface area contributed by atoms with Gasteiger partial charge < -0.3 is 14.8 Å². The molecule has 7 heteroatoms. The van der Waals surface area contributed by atoms with Gasteiger partial charge in [0.1, 0.15) is 0 Å². The average molecular weight is 312 g/mol. The molecule has 2 heterocycles. The molecule has 2 aliphatic heterocycles. The van der Waals surface area contributed by atoms with Crippen molar-refractivity contribution in [3.05, 3.63) is 18.2 Å². The van der Waals surface area contributed by atoms with Crippen molar-refractivity contribution in [2.45, 2.75) is 25.3 Å². The minimum absolute atomic E-state index is 0.0444. The van der Waals surface area contributed by atoms with Gasteiger partial charge in [0, 0.05) is 18.5 Å². The van der Waals surface area contributed by atoms with Crippen LogP contribution in [0.2, 0.25) is 0 Å². The molecule has 2 N–H and O–H groups in total. The zero-order valence-corrected chi connectivity index (χ0v) is 12.6. The fourth-order valence-electron chi connectivity index (χ4n) is 2.61. The number of ether oxygens (including phenoxy) is 2. The van der Waals surface area contributed by atoms with Crippen LogP contribution in [-0.4, -0.2) is 40.0 Å². The van der Waals surface area contributed by atoms with E-state index in [9.17, 15) is 8.42 Å². The van der Waals surface area contributed by atoms with Gasteiger partial charge in [0.25, 0.3) is 0 Å². The molecule has 0 bridgehead atoms. The lowest BCUT2D eigenvalue weighted by atomic mass is 10.3. The van der Waals surface area contributed by atoms with Gasteiger partial charge in [-0.3, -0.25) is 4.72 Å². The number of fused-ring (bicyclic) bond motifs is 1. The number of benzene rings is 1. The van der Waals surface area contributed by atoms with Crippen LogP contribution >= 0.6 is 0 Å². The highest BCUT2D eigenvalue weighted by Gasteiger charge is 2.22. The molecule has 1 aromatic rings. The van der Waals surface area contributed by atoms with E-state index in [4.69, 9.17) is 9.47 Å². The molecule has 1 aromatic carbocycles. The summed E-state index contributed by atoms with van der Waals surface area (Å²) >= 11 is 0. The predicted octanol–water partition coefficient (Wildman–Crippen LogP) is 1.34. The predicted molar refractivity (Wildman–Crippen MR) is 80.5 cm³/mol. The highest BCUT2D eigenvalue weighted by Crippen LogP contribution is 2.32. The third kappa shape index (κ3) is 3.79. The highest BCUT2D eigenvalue weighted by molar-refractivity contribution is 7.92. The minimum atomic E-state index is -3.36. The van der Waals surface area contributed by atoms with Gasteiger partial charge in [0.2, 0.25) is 10.0 Å². The van der Waals surface area contributed by atoms with E-state index in [1.807, 2.05) is 0 Å². The van der Waals surface area contributed by atoms with Crippen LogP contribution in [0.25, 0.3) is 0 Å². The van der Waals surface area contributed by atoms with Crippen molar-refractivity contribution in [2.24, 2.45) is 0 Å². The van der Waals surface area contributed by atoms with Crippen molar-refractivity contribution >= 4 is 15.7 Å². The molecule has 116 valence electrons. The largest absolute Gasteiger partial charge is 0.490 e. The van der Waals surface area contributed by atoms with Gasteiger partial charge in [-0.05, 0) is 31.5 Å². The van der Waals surface area contributed by atoms with E-state index < -0.39 is 10.0 Å². The normalized spacial score (nSPS) is 21.8. The summed E-state index contributed by atoms with van der Waals surface area (Å²) in [6.07, 6.45) is 2.76. The molecule has 0 aliphatic carbocycles. The van der Waals surface area contributed by atoms with Crippen molar-refractivity contribution in [1.29, 1.82) is 0 Å². The Bertz CT molecular complexity index is 597. The van der Waals surface area contributed by atoms with Crippen LogP contribution in [0.5, 0.6) is 11.5 Å². The number of sulfonamides is 1. The lowest BCUT2D eigenvalue weighted by molar-refractivity contribution is 0.297. The van der Waals surface area contributed by atoms with Crippen LogP contribution in [0.15, 0.2) is 18.2 Å². The Hall–Kier alpha value is -1.47. The third-order valence-electron chi connectivity index (χ3n) is 3.60. The van der Waals surface area contributed by atoms with Crippen LogP contribution in [0, 0.1) is 0 Å². The SMILES string of the molecule is O=S(=O)(CC1CCCN1)Nc1ccc2c(c1)OCCCO2. The molecule has 1 saturated heterocycles. The Morgan fingerprint density at radius 2 is 2.00 bits per heavy atom. The molecule has 21 heavy (non-hydrogen) atoms. The molecular formula is C14H20N2O4S. The maximum atomic E-state index is 12.2. The Kier molecular flexibility index (Phi) is 4.21. The molecule has 0 aromatic heterocycles. The second kappa shape index (κ2) is 6.11. The Labute approximate surface area is 124 Å². The van der Waals surface area contributed by atoms with Crippen molar-refractivity contribution in [3.8, 4) is 11.5 Å². The molecule has 6 nitrogen and oxygen atoms in total. The molecule has 0 amide bonds. The molecule has 1 fully saturated rings. The summed E-state index contributed by atoms with van der Waals surface area (Å²) < 4.78 is 38.0. The summed E-state index contributed by atoms with van der Waals surface area (Å²) in [5.41, 5.74) is 0.511. The maximum absolute atomic E-state index is 12.2. The quantitative estimate of drug-likeness (QED) is 0.877. The lowest BCUT2D eigenvalue weighted by Gasteiger charge is -2.14. The smallest absolute Gasteiger partial charge is 0.234 e. The van der Waals surface area contributed by atoms with Crippen LogP contribution < -0.4 is 19.5 Å². The summed E-state index contributed by atoms with van der Waals surface area (Å²) in [5, 5.41) is 3.19. The highest BCUT2D eigenvalue weighted by atomic mass is 32.2. The first-order valence-electron chi connectivity index (χ1n) is 7.26. The summed E-state index contributed by atoms with van der Waals surface area (Å²) in [4.78, 5) is 0. The first kappa shape index (κ1) is 14.5. The van der Waals surface area contributed by atoms with Crippen molar-refractivity contribution in [2.75, 3.05) is 30.2 Å². The van der Waals surface area contributed by atoms with E-state index in [2.05, 4.69) is 10.0 Å². The monoisotopic (exact) mass is 312 g/mol. The van der Waals surface area contributed by atoms with Gasteiger partial charge in [-0.25, -0.2) is 8.42 Å². The molecule has 3 rings (SSSR count). The van der Waals surface area contributed by atoms with Gasteiger partial charge in [0.05, 0.1) is 24.7 Å². The average Bonchev–Trinajstić information content (AvgIpc) is 2.81. The van der Waals surface area contributed by atoms with Crippen LogP contribution in [-0.2, 0) is 10.0 Å². The van der Waals surface area contributed by atoms with E-state index in [-0.39, 0.29) is 11.8 Å². The van der Waals surface area contributed by atoms with Crippen molar-refractivity contribution < 1.29 is 17.9 Å². The Morgan fingerprint density at radius 3 is 2.76 bits per heavy atom. The molecule has 2 aliphatic rings. The van der Waals surface area contributed by atoms with Gasteiger partial charge >= 0.3 is 0 Å². The zero-order valence-electron chi connectivity index (χ0n) is 11.8. The second-order valence-corrected chi connectivity index (χ2v) is 7.16. The third-order valence-corrected chi connectivity index (χ3v) is 4.99. The van der Waals surface area contributed by atoms with Gasteiger partial charge in [-0.1, -0.05) is 0 Å². The number of hydrogen-bond donors (Lipinski definition) is 2. The summed E-state index contributed by atoms with van der Waals surface area (Å²) in [7, 11) is -3.36. The van der Waals surface area contributed by atoms with Gasteiger partial charge in [0.15, 0.2) is 11.5 Å². The number of nitrogens with one attached hydrogen (secondary N) is 2. The first-order valence-corrected chi connectivity index (χ1v) is 8.91. The zero-order chi connectivity index (χ0) is 14.7. The van der Waals surface area contributed by atoms with Crippen molar-refractivity contribution in [3.63, 3.8) is 0 Å². The number of hydrogen-bond acceptors (Lipinski definition) is 5. The topological polar surface area (TPSA) is 76.7 Å². The van der Waals surface area contributed by atoms with E-state index >= 15 is 0 Å². The van der Waals surface area contributed by atoms with E-state index in [1.54, 1.807) is 18.2 Å².